The second kappa shape index (κ2) is 11.0. The van der Waals surface area contributed by atoms with E-state index in [1.54, 1.807) is 0 Å². The summed E-state index contributed by atoms with van der Waals surface area (Å²) in [4.78, 5) is 10.5. The molecule has 1 aliphatic rings. The first-order valence-electron chi connectivity index (χ1n) is 18.4. The zero-order valence-electron chi connectivity index (χ0n) is 29.6. The van der Waals surface area contributed by atoms with Crippen molar-refractivity contribution in [3.05, 3.63) is 163 Å². The van der Waals surface area contributed by atoms with Gasteiger partial charge in [0.25, 0.3) is 0 Å². The highest BCUT2D eigenvalue weighted by Crippen LogP contribution is 2.51. The monoisotopic (exact) mass is 725 g/mol. The highest BCUT2D eigenvalue weighted by Gasteiger charge is 2.36. The van der Waals surface area contributed by atoms with Crippen LogP contribution in [0.4, 0.5) is 0 Å². The summed E-state index contributed by atoms with van der Waals surface area (Å²) in [6.07, 6.45) is 0. The third-order valence-corrected chi connectivity index (χ3v) is 14.0. The fraction of sp³-hybridized carbons (Fsp3) is 0.0612. The number of nitrogens with zero attached hydrogens (tertiary/aromatic N) is 3. The van der Waals surface area contributed by atoms with Crippen LogP contribution in [-0.2, 0) is 5.41 Å². The van der Waals surface area contributed by atoms with Gasteiger partial charge in [-0.25, -0.2) is 9.97 Å². The van der Waals surface area contributed by atoms with Crippen LogP contribution in [0.1, 0.15) is 25.0 Å². The van der Waals surface area contributed by atoms with Crippen molar-refractivity contribution in [2.24, 2.45) is 0 Å². The lowest BCUT2D eigenvalue weighted by Gasteiger charge is -2.35. The van der Waals surface area contributed by atoms with E-state index in [9.17, 15) is 0 Å². The van der Waals surface area contributed by atoms with Gasteiger partial charge in [0, 0.05) is 57.6 Å². The second-order valence-corrected chi connectivity index (χ2v) is 17.0. The molecule has 0 spiro atoms. The van der Waals surface area contributed by atoms with E-state index < -0.39 is 0 Å². The van der Waals surface area contributed by atoms with Crippen molar-refractivity contribution in [1.82, 2.24) is 14.5 Å². The maximum atomic E-state index is 5.37. The minimum atomic E-state index is -0.182. The molecule has 54 heavy (non-hydrogen) atoms. The summed E-state index contributed by atoms with van der Waals surface area (Å²) in [5.74, 6) is 0.734. The summed E-state index contributed by atoms with van der Waals surface area (Å²) >= 11 is 3.75. The van der Waals surface area contributed by atoms with Gasteiger partial charge in [0.2, 0.25) is 0 Å². The van der Waals surface area contributed by atoms with Gasteiger partial charge in [-0.1, -0.05) is 129 Å². The van der Waals surface area contributed by atoms with Gasteiger partial charge >= 0.3 is 0 Å². The van der Waals surface area contributed by atoms with E-state index in [4.69, 9.17) is 9.97 Å². The lowest BCUT2D eigenvalue weighted by atomic mass is 9.74. The first kappa shape index (κ1) is 30.3. The van der Waals surface area contributed by atoms with E-state index >= 15 is 0 Å². The zero-order valence-corrected chi connectivity index (χ0v) is 31.2. The van der Waals surface area contributed by atoms with E-state index in [0.29, 0.717) is 0 Å². The summed E-state index contributed by atoms with van der Waals surface area (Å²) in [7, 11) is 0. The van der Waals surface area contributed by atoms with Gasteiger partial charge in [-0.05, 0) is 58.7 Å². The van der Waals surface area contributed by atoms with Crippen LogP contribution in [0.5, 0.6) is 0 Å². The van der Waals surface area contributed by atoms with Crippen molar-refractivity contribution in [3.8, 4) is 39.5 Å². The molecule has 4 aromatic heterocycles. The van der Waals surface area contributed by atoms with Crippen molar-refractivity contribution >= 4 is 85.0 Å². The lowest BCUT2D eigenvalue weighted by molar-refractivity contribution is 0.630. The largest absolute Gasteiger partial charge is 0.307 e. The van der Waals surface area contributed by atoms with Crippen LogP contribution in [0.25, 0.3) is 102 Å². The van der Waals surface area contributed by atoms with Crippen LogP contribution in [0.15, 0.2) is 152 Å². The Morgan fingerprint density at radius 2 is 1.15 bits per heavy atom. The molecule has 0 aliphatic carbocycles. The van der Waals surface area contributed by atoms with E-state index in [0.717, 1.165) is 39.1 Å². The number of hydrogen-bond donors (Lipinski definition) is 0. The number of thiophene rings is 2. The normalized spacial score (nSPS) is 13.5. The van der Waals surface area contributed by atoms with Crippen molar-refractivity contribution in [1.29, 1.82) is 0 Å². The van der Waals surface area contributed by atoms with Crippen LogP contribution in [0.2, 0.25) is 0 Å². The molecule has 0 atom stereocenters. The topological polar surface area (TPSA) is 30.7 Å². The van der Waals surface area contributed by atoms with Gasteiger partial charge in [-0.15, -0.1) is 22.7 Å². The molecule has 3 nitrogen and oxygen atoms in total. The van der Waals surface area contributed by atoms with Gasteiger partial charge in [0.05, 0.1) is 32.6 Å². The fourth-order valence-corrected chi connectivity index (χ4v) is 11.4. The SMILES string of the molecule is CC1(C)c2cc(-c3cccc(-c4nc(-c5cccc6c5sc5ccccc56)c5ccccc5n4)c3)ccc2-n2c3c1cccc3c1sc3ccccc3c12. The molecule has 1 aliphatic heterocycles. The number of hydrogen-bond acceptors (Lipinski definition) is 4. The molecule has 5 heterocycles. The summed E-state index contributed by atoms with van der Waals surface area (Å²) in [6, 6.07) is 55.2. The van der Waals surface area contributed by atoms with Crippen LogP contribution < -0.4 is 0 Å². The third-order valence-electron chi connectivity index (χ3n) is 11.6. The van der Waals surface area contributed by atoms with Crippen LogP contribution in [0, 0.1) is 0 Å². The lowest BCUT2D eigenvalue weighted by Crippen LogP contribution is -2.26. The Hall–Kier alpha value is -6.14. The Balaban J connectivity index is 1.03. The molecule has 5 heteroatoms. The Morgan fingerprint density at radius 1 is 0.481 bits per heavy atom. The number of fused-ring (bicyclic) bond motifs is 11. The van der Waals surface area contributed by atoms with Gasteiger partial charge in [-0.2, -0.15) is 0 Å². The molecule has 0 amide bonds. The van der Waals surface area contributed by atoms with E-state index in [1.807, 2.05) is 22.7 Å². The molecule has 0 saturated heterocycles. The standard InChI is InChI=1S/C49H31N3S2/c1-49(2)37-20-11-19-36-44(37)52(45-34-16-5-8-23-42(34)54-47(36)45)40-25-24-29(27-38(40)49)28-12-9-13-30(26-28)48-50-39-21-6-3-15-33(39)43(51-48)35-18-10-17-32-31-14-4-7-22-41(31)53-46(32)35/h3-27H,1-2H3. The maximum Gasteiger partial charge on any atom is 0.160 e. The molecular formula is C49H31N3S2. The highest BCUT2D eigenvalue weighted by atomic mass is 32.1. The zero-order chi connectivity index (χ0) is 35.7. The van der Waals surface area contributed by atoms with Crippen molar-refractivity contribution in [2.75, 3.05) is 0 Å². The first-order chi connectivity index (χ1) is 26.5. The minimum Gasteiger partial charge on any atom is -0.307 e. The van der Waals surface area contributed by atoms with Gasteiger partial charge < -0.3 is 4.57 Å². The summed E-state index contributed by atoms with van der Waals surface area (Å²) in [6.45, 7) is 4.76. The average molecular weight is 726 g/mol. The second-order valence-electron chi connectivity index (χ2n) is 14.9. The molecule has 0 bridgehead atoms. The molecule has 0 unspecified atom stereocenters. The molecular weight excluding hydrogens is 695 g/mol. The van der Waals surface area contributed by atoms with Crippen LogP contribution >= 0.6 is 22.7 Å². The first-order valence-corrected chi connectivity index (χ1v) is 20.0. The fourth-order valence-electron chi connectivity index (χ4n) is 9.00. The van der Waals surface area contributed by atoms with Gasteiger partial charge in [0.15, 0.2) is 5.82 Å². The molecule has 12 rings (SSSR count). The summed E-state index contributed by atoms with van der Waals surface area (Å²) in [5, 5.41) is 6.28. The Morgan fingerprint density at radius 3 is 2.04 bits per heavy atom. The molecule has 7 aromatic carbocycles. The van der Waals surface area contributed by atoms with Crippen LogP contribution in [0.3, 0.4) is 0 Å². The van der Waals surface area contributed by atoms with E-state index in [2.05, 4.69) is 170 Å². The van der Waals surface area contributed by atoms with Crippen molar-refractivity contribution in [3.63, 3.8) is 0 Å². The number of para-hydroxylation sites is 2. The van der Waals surface area contributed by atoms with E-state index in [1.165, 1.54) is 73.8 Å². The van der Waals surface area contributed by atoms with Crippen molar-refractivity contribution in [2.45, 2.75) is 19.3 Å². The van der Waals surface area contributed by atoms with Crippen molar-refractivity contribution < 1.29 is 0 Å². The Bertz CT molecular complexity index is 3380. The quantitative estimate of drug-likeness (QED) is 0.182. The van der Waals surface area contributed by atoms with Crippen LogP contribution in [-0.4, -0.2) is 14.5 Å². The molecule has 11 aromatic rings. The minimum absolute atomic E-state index is 0.182. The predicted octanol–water partition coefficient (Wildman–Crippen LogP) is 13.9. The molecule has 0 radical (unpaired) electrons. The molecule has 0 fully saturated rings. The Labute approximate surface area is 319 Å². The molecule has 254 valence electrons. The number of benzene rings is 7. The average Bonchev–Trinajstić information content (AvgIpc) is 3.89. The number of rotatable bonds is 3. The smallest absolute Gasteiger partial charge is 0.160 e. The predicted molar refractivity (Wildman–Crippen MR) is 231 cm³/mol. The summed E-state index contributed by atoms with van der Waals surface area (Å²) in [5.41, 5.74) is 12.9. The van der Waals surface area contributed by atoms with E-state index in [-0.39, 0.29) is 5.41 Å². The molecule has 0 saturated carbocycles. The third kappa shape index (κ3) is 4.11. The number of aromatic nitrogens is 3. The maximum absolute atomic E-state index is 5.37. The highest BCUT2D eigenvalue weighted by molar-refractivity contribution is 7.27. The molecule has 0 N–H and O–H groups in total. The summed E-state index contributed by atoms with van der Waals surface area (Å²) < 4.78 is 7.79. The Kier molecular flexibility index (Phi) is 6.15. The van der Waals surface area contributed by atoms with Gasteiger partial charge in [-0.3, -0.25) is 0 Å². The van der Waals surface area contributed by atoms with Gasteiger partial charge in [0.1, 0.15) is 0 Å².